The minimum Gasteiger partial charge on any atom is -0.461 e. The maximum Gasteiger partial charge on any atom is 0.340 e. The van der Waals surface area contributed by atoms with Gasteiger partial charge in [0.25, 0.3) is 0 Å². The highest BCUT2D eigenvalue weighted by Gasteiger charge is 2.24. The molecule has 0 saturated heterocycles. The van der Waals surface area contributed by atoms with Crippen LogP contribution in [0.4, 0.5) is 0 Å². The van der Waals surface area contributed by atoms with Crippen LogP contribution in [0.15, 0.2) is 54.6 Å². The standard InChI is InChI=1S/C18H19ClO3/c1-13(2)22-18(20)17(15-8-10-16(19)11-9-15)21-12-14-6-4-3-5-7-14/h3-11,13,17H,12H2,1-2H3. The van der Waals surface area contributed by atoms with Gasteiger partial charge in [0.1, 0.15) is 0 Å². The molecular formula is C18H19ClO3. The van der Waals surface area contributed by atoms with Crippen LogP contribution in [0, 0.1) is 0 Å². The smallest absolute Gasteiger partial charge is 0.340 e. The summed E-state index contributed by atoms with van der Waals surface area (Å²) in [5, 5.41) is 0.614. The minimum atomic E-state index is -0.764. The van der Waals surface area contributed by atoms with Crippen LogP contribution < -0.4 is 0 Å². The lowest BCUT2D eigenvalue weighted by Crippen LogP contribution is -2.22. The van der Waals surface area contributed by atoms with E-state index in [0.717, 1.165) is 11.1 Å². The highest BCUT2D eigenvalue weighted by Crippen LogP contribution is 2.23. The third-order valence-electron chi connectivity index (χ3n) is 3.00. The molecule has 116 valence electrons. The van der Waals surface area contributed by atoms with Crippen LogP contribution in [0.5, 0.6) is 0 Å². The van der Waals surface area contributed by atoms with Crippen LogP contribution in [0.2, 0.25) is 5.02 Å². The van der Waals surface area contributed by atoms with E-state index in [9.17, 15) is 4.79 Å². The van der Waals surface area contributed by atoms with Crippen molar-refractivity contribution in [3.8, 4) is 0 Å². The largest absolute Gasteiger partial charge is 0.461 e. The number of carbonyl (C=O) groups is 1. The number of hydrogen-bond acceptors (Lipinski definition) is 3. The molecule has 2 aromatic rings. The summed E-state index contributed by atoms with van der Waals surface area (Å²) in [5.74, 6) is -0.395. The molecule has 0 heterocycles. The summed E-state index contributed by atoms with van der Waals surface area (Å²) in [7, 11) is 0. The summed E-state index contributed by atoms with van der Waals surface area (Å²) in [6.45, 7) is 3.96. The fourth-order valence-corrected chi connectivity index (χ4v) is 2.11. The molecule has 2 aromatic carbocycles. The van der Waals surface area contributed by atoms with Crippen molar-refractivity contribution in [1.29, 1.82) is 0 Å². The maximum atomic E-state index is 12.3. The molecule has 4 heteroatoms. The normalized spacial score (nSPS) is 12.2. The Morgan fingerprint density at radius 2 is 1.68 bits per heavy atom. The number of benzene rings is 2. The van der Waals surface area contributed by atoms with E-state index >= 15 is 0 Å². The maximum absolute atomic E-state index is 12.3. The third-order valence-corrected chi connectivity index (χ3v) is 3.25. The zero-order valence-electron chi connectivity index (χ0n) is 12.7. The molecule has 0 fully saturated rings. The lowest BCUT2D eigenvalue weighted by atomic mass is 10.1. The second-order valence-corrected chi connectivity index (χ2v) is 5.65. The molecule has 1 unspecified atom stereocenters. The van der Waals surface area contributed by atoms with Gasteiger partial charge in [0.15, 0.2) is 6.10 Å². The Morgan fingerprint density at radius 3 is 2.27 bits per heavy atom. The molecule has 0 bridgehead atoms. The first kappa shape index (κ1) is 16.5. The highest BCUT2D eigenvalue weighted by molar-refractivity contribution is 6.30. The van der Waals surface area contributed by atoms with Crippen LogP contribution in [0.3, 0.4) is 0 Å². The Morgan fingerprint density at radius 1 is 1.05 bits per heavy atom. The Balaban J connectivity index is 2.14. The second kappa shape index (κ2) is 7.97. The average molecular weight is 319 g/mol. The predicted molar refractivity (Wildman–Crippen MR) is 86.7 cm³/mol. The van der Waals surface area contributed by atoms with Crippen molar-refractivity contribution in [2.75, 3.05) is 0 Å². The highest BCUT2D eigenvalue weighted by atomic mass is 35.5. The molecule has 0 spiro atoms. The van der Waals surface area contributed by atoms with E-state index in [1.807, 2.05) is 44.2 Å². The van der Waals surface area contributed by atoms with E-state index < -0.39 is 12.1 Å². The molecule has 0 aliphatic rings. The van der Waals surface area contributed by atoms with Crippen molar-refractivity contribution in [3.63, 3.8) is 0 Å². The summed E-state index contributed by atoms with van der Waals surface area (Å²) in [5.41, 5.74) is 1.73. The molecule has 0 aliphatic heterocycles. The molecule has 0 N–H and O–H groups in total. The molecule has 0 aromatic heterocycles. The summed E-state index contributed by atoms with van der Waals surface area (Å²) >= 11 is 5.90. The number of ether oxygens (including phenoxy) is 2. The van der Waals surface area contributed by atoms with Crippen molar-refractivity contribution in [3.05, 3.63) is 70.7 Å². The van der Waals surface area contributed by atoms with Crippen LogP contribution >= 0.6 is 11.6 Å². The molecule has 0 saturated carbocycles. The molecular weight excluding hydrogens is 300 g/mol. The molecule has 0 radical (unpaired) electrons. The number of hydrogen-bond donors (Lipinski definition) is 0. The first-order valence-corrected chi connectivity index (χ1v) is 7.55. The van der Waals surface area contributed by atoms with Gasteiger partial charge in [-0.25, -0.2) is 4.79 Å². The average Bonchev–Trinajstić information content (AvgIpc) is 2.49. The van der Waals surface area contributed by atoms with E-state index in [4.69, 9.17) is 21.1 Å². The summed E-state index contributed by atoms with van der Waals surface area (Å²) in [4.78, 5) is 12.3. The lowest BCUT2D eigenvalue weighted by Gasteiger charge is -2.19. The predicted octanol–water partition coefficient (Wildman–Crippen LogP) is 4.55. The fourth-order valence-electron chi connectivity index (χ4n) is 1.99. The first-order valence-electron chi connectivity index (χ1n) is 7.17. The van der Waals surface area contributed by atoms with Gasteiger partial charge in [0.2, 0.25) is 0 Å². The Bertz CT molecular complexity index is 593. The summed E-state index contributed by atoms with van der Waals surface area (Å²) < 4.78 is 11.1. The van der Waals surface area contributed by atoms with Crippen LogP contribution in [-0.2, 0) is 20.9 Å². The van der Waals surface area contributed by atoms with E-state index in [-0.39, 0.29) is 6.10 Å². The molecule has 0 amide bonds. The topological polar surface area (TPSA) is 35.5 Å². The molecule has 2 rings (SSSR count). The van der Waals surface area contributed by atoms with Crippen molar-refractivity contribution < 1.29 is 14.3 Å². The number of carbonyl (C=O) groups excluding carboxylic acids is 1. The second-order valence-electron chi connectivity index (χ2n) is 5.21. The van der Waals surface area contributed by atoms with Crippen molar-refractivity contribution in [1.82, 2.24) is 0 Å². The fraction of sp³-hybridized carbons (Fsp3) is 0.278. The molecule has 22 heavy (non-hydrogen) atoms. The van der Waals surface area contributed by atoms with Crippen molar-refractivity contribution in [2.45, 2.75) is 32.7 Å². The van der Waals surface area contributed by atoms with Gasteiger partial charge in [0.05, 0.1) is 12.7 Å². The zero-order valence-corrected chi connectivity index (χ0v) is 13.4. The van der Waals surface area contributed by atoms with Gasteiger partial charge in [-0.2, -0.15) is 0 Å². The Labute approximate surface area is 135 Å². The van der Waals surface area contributed by atoms with Gasteiger partial charge in [-0.3, -0.25) is 0 Å². The van der Waals surface area contributed by atoms with Gasteiger partial charge in [-0.1, -0.05) is 54.1 Å². The van der Waals surface area contributed by atoms with E-state index in [1.165, 1.54) is 0 Å². The van der Waals surface area contributed by atoms with Gasteiger partial charge < -0.3 is 9.47 Å². The summed E-state index contributed by atoms with van der Waals surface area (Å²) in [6.07, 6.45) is -0.956. The third kappa shape index (κ3) is 4.86. The minimum absolute atomic E-state index is 0.192. The van der Waals surface area contributed by atoms with Gasteiger partial charge >= 0.3 is 5.97 Å². The Hall–Kier alpha value is -1.84. The quantitative estimate of drug-likeness (QED) is 0.733. The van der Waals surface area contributed by atoms with Gasteiger partial charge in [-0.05, 0) is 37.1 Å². The molecule has 0 aliphatic carbocycles. The summed E-state index contributed by atoms with van der Waals surface area (Å²) in [6, 6.07) is 16.7. The first-order chi connectivity index (χ1) is 10.6. The number of halogens is 1. The van der Waals surface area contributed by atoms with Gasteiger partial charge in [-0.15, -0.1) is 0 Å². The monoisotopic (exact) mass is 318 g/mol. The van der Waals surface area contributed by atoms with Crippen molar-refractivity contribution >= 4 is 17.6 Å². The van der Waals surface area contributed by atoms with Gasteiger partial charge in [0, 0.05) is 5.02 Å². The van der Waals surface area contributed by atoms with E-state index in [1.54, 1.807) is 24.3 Å². The van der Waals surface area contributed by atoms with E-state index in [0.29, 0.717) is 11.6 Å². The van der Waals surface area contributed by atoms with Crippen molar-refractivity contribution in [2.24, 2.45) is 0 Å². The SMILES string of the molecule is CC(C)OC(=O)C(OCc1ccccc1)c1ccc(Cl)cc1. The molecule has 3 nitrogen and oxygen atoms in total. The Kier molecular flexibility index (Phi) is 5.99. The number of rotatable bonds is 6. The van der Waals surface area contributed by atoms with Crippen LogP contribution in [-0.4, -0.2) is 12.1 Å². The zero-order chi connectivity index (χ0) is 15.9. The van der Waals surface area contributed by atoms with E-state index in [2.05, 4.69) is 0 Å². The number of esters is 1. The molecule has 1 atom stereocenters. The van der Waals surface area contributed by atoms with Crippen LogP contribution in [0.25, 0.3) is 0 Å². The lowest BCUT2D eigenvalue weighted by molar-refractivity contribution is -0.162. The van der Waals surface area contributed by atoms with Crippen LogP contribution in [0.1, 0.15) is 31.1 Å².